The highest BCUT2D eigenvalue weighted by molar-refractivity contribution is 6.33. The molecule has 5 rings (SSSR count). The van der Waals surface area contributed by atoms with Gasteiger partial charge in [-0.25, -0.2) is 4.79 Å². The lowest BCUT2D eigenvalue weighted by atomic mass is 9.99. The van der Waals surface area contributed by atoms with E-state index in [4.69, 9.17) is 20.8 Å². The van der Waals surface area contributed by atoms with E-state index in [0.29, 0.717) is 45.0 Å². The third kappa shape index (κ3) is 4.21. The molecule has 0 saturated heterocycles. The van der Waals surface area contributed by atoms with Crippen LogP contribution in [0.15, 0.2) is 75.9 Å². The van der Waals surface area contributed by atoms with Crippen molar-refractivity contribution >= 4 is 22.6 Å². The first-order valence-electron chi connectivity index (χ1n) is 10.2. The van der Waals surface area contributed by atoms with E-state index >= 15 is 0 Å². The number of benzene rings is 3. The van der Waals surface area contributed by atoms with E-state index in [1.54, 1.807) is 12.1 Å². The standard InChI is InChI=1S/C25H17ClF3NO3/c26-21-10-19-18(16-6-2-1-3-7-16)11-22(31)33-23(19)20-13-30(14-32-24(20)21)12-15-5-4-8-17(9-15)25(27,28)29/h1-11H,12-14H2. The van der Waals surface area contributed by atoms with Crippen LogP contribution in [0.4, 0.5) is 13.2 Å². The summed E-state index contributed by atoms with van der Waals surface area (Å²) in [6.45, 7) is 0.654. The molecule has 0 fully saturated rings. The average molecular weight is 472 g/mol. The summed E-state index contributed by atoms with van der Waals surface area (Å²) < 4.78 is 50.7. The summed E-state index contributed by atoms with van der Waals surface area (Å²) in [5.74, 6) is 0.415. The summed E-state index contributed by atoms with van der Waals surface area (Å²) in [5, 5.41) is 1.04. The van der Waals surface area contributed by atoms with Gasteiger partial charge in [0.2, 0.25) is 0 Å². The number of rotatable bonds is 3. The SMILES string of the molecule is O=c1cc(-c2ccccc2)c2cc(Cl)c3c(c2o1)CN(Cc1cccc(C(F)(F)F)c1)CO3. The van der Waals surface area contributed by atoms with Gasteiger partial charge >= 0.3 is 11.8 Å². The van der Waals surface area contributed by atoms with E-state index in [2.05, 4.69) is 0 Å². The molecule has 168 valence electrons. The van der Waals surface area contributed by atoms with Crippen LogP contribution in [0.2, 0.25) is 5.02 Å². The number of ether oxygens (including phenoxy) is 1. The monoisotopic (exact) mass is 471 g/mol. The van der Waals surface area contributed by atoms with Crippen LogP contribution in [-0.2, 0) is 19.3 Å². The predicted octanol–water partition coefficient (Wildman–Crippen LogP) is 6.48. The van der Waals surface area contributed by atoms with Crippen molar-refractivity contribution in [1.82, 2.24) is 4.90 Å². The molecule has 0 amide bonds. The second-order valence-electron chi connectivity index (χ2n) is 7.85. The molecule has 4 nitrogen and oxygen atoms in total. The first kappa shape index (κ1) is 21.6. The normalized spacial score (nSPS) is 14.2. The molecule has 0 atom stereocenters. The van der Waals surface area contributed by atoms with E-state index in [0.717, 1.165) is 17.7 Å². The highest BCUT2D eigenvalue weighted by atomic mass is 35.5. The van der Waals surface area contributed by atoms with Crippen LogP contribution >= 0.6 is 11.6 Å². The maximum absolute atomic E-state index is 13.1. The minimum atomic E-state index is -4.41. The molecule has 33 heavy (non-hydrogen) atoms. The fourth-order valence-corrected chi connectivity index (χ4v) is 4.37. The Morgan fingerprint density at radius 3 is 2.55 bits per heavy atom. The van der Waals surface area contributed by atoms with Gasteiger partial charge in [-0.2, -0.15) is 13.2 Å². The highest BCUT2D eigenvalue weighted by Gasteiger charge is 2.31. The molecule has 0 unspecified atom stereocenters. The lowest BCUT2D eigenvalue weighted by Crippen LogP contribution is -2.32. The maximum Gasteiger partial charge on any atom is 0.416 e. The van der Waals surface area contributed by atoms with Crippen LogP contribution < -0.4 is 10.4 Å². The Kier molecular flexibility index (Phi) is 5.38. The predicted molar refractivity (Wildman–Crippen MR) is 119 cm³/mol. The highest BCUT2D eigenvalue weighted by Crippen LogP contribution is 2.41. The summed E-state index contributed by atoms with van der Waals surface area (Å²) >= 11 is 6.51. The molecule has 1 aromatic heterocycles. The van der Waals surface area contributed by atoms with E-state index in [1.165, 1.54) is 12.1 Å². The molecule has 1 aliphatic heterocycles. The van der Waals surface area contributed by atoms with Crippen molar-refractivity contribution in [2.75, 3.05) is 6.73 Å². The fourth-order valence-electron chi connectivity index (χ4n) is 4.10. The van der Waals surface area contributed by atoms with Crippen LogP contribution in [0.1, 0.15) is 16.7 Å². The van der Waals surface area contributed by atoms with E-state index < -0.39 is 17.4 Å². The first-order chi connectivity index (χ1) is 15.8. The van der Waals surface area contributed by atoms with Crippen LogP contribution in [0.25, 0.3) is 22.1 Å². The van der Waals surface area contributed by atoms with Crippen molar-refractivity contribution < 1.29 is 22.3 Å². The van der Waals surface area contributed by atoms with Gasteiger partial charge in [-0.3, -0.25) is 4.90 Å². The number of hydrogen-bond donors (Lipinski definition) is 0. The summed E-state index contributed by atoms with van der Waals surface area (Å²) in [6, 6.07) is 17.7. The van der Waals surface area contributed by atoms with E-state index in [9.17, 15) is 18.0 Å². The summed E-state index contributed by atoms with van der Waals surface area (Å²) in [7, 11) is 0. The van der Waals surface area contributed by atoms with Crippen LogP contribution in [-0.4, -0.2) is 11.6 Å². The Labute approximate surface area is 191 Å². The Balaban J connectivity index is 1.55. The van der Waals surface area contributed by atoms with Crippen molar-refractivity contribution in [2.45, 2.75) is 19.3 Å². The summed E-state index contributed by atoms with van der Waals surface area (Å²) in [6.07, 6.45) is -4.41. The Morgan fingerprint density at radius 1 is 1.00 bits per heavy atom. The minimum Gasteiger partial charge on any atom is -0.476 e. The average Bonchev–Trinajstić information content (AvgIpc) is 2.79. The first-order valence-corrected chi connectivity index (χ1v) is 10.5. The Bertz CT molecular complexity index is 1400. The van der Waals surface area contributed by atoms with Gasteiger partial charge in [0.15, 0.2) is 0 Å². The van der Waals surface area contributed by atoms with Crippen molar-refractivity contribution in [2.24, 2.45) is 0 Å². The van der Waals surface area contributed by atoms with Crippen molar-refractivity contribution in [3.63, 3.8) is 0 Å². The number of alkyl halides is 3. The summed E-state index contributed by atoms with van der Waals surface area (Å²) in [5.41, 5.74) is 1.74. The zero-order valence-corrected chi connectivity index (χ0v) is 17.9. The molecule has 0 N–H and O–H groups in total. The topological polar surface area (TPSA) is 42.7 Å². The van der Waals surface area contributed by atoms with Crippen molar-refractivity contribution in [3.05, 3.63) is 98.9 Å². The van der Waals surface area contributed by atoms with Gasteiger partial charge in [-0.1, -0.05) is 60.1 Å². The summed E-state index contributed by atoms with van der Waals surface area (Å²) in [4.78, 5) is 14.2. The molecule has 0 radical (unpaired) electrons. The van der Waals surface area contributed by atoms with Crippen LogP contribution in [0.5, 0.6) is 5.75 Å². The second kappa shape index (κ2) is 8.24. The van der Waals surface area contributed by atoms with Gasteiger partial charge in [0, 0.05) is 24.5 Å². The lowest BCUT2D eigenvalue weighted by Gasteiger charge is -2.30. The largest absolute Gasteiger partial charge is 0.476 e. The minimum absolute atomic E-state index is 0.136. The van der Waals surface area contributed by atoms with Gasteiger partial charge in [0.1, 0.15) is 18.1 Å². The molecule has 0 saturated carbocycles. The lowest BCUT2D eigenvalue weighted by molar-refractivity contribution is -0.137. The van der Waals surface area contributed by atoms with Crippen LogP contribution in [0, 0.1) is 0 Å². The number of hydrogen-bond acceptors (Lipinski definition) is 4. The number of halogens is 4. The second-order valence-corrected chi connectivity index (χ2v) is 8.25. The molecule has 1 aliphatic rings. The van der Waals surface area contributed by atoms with Gasteiger partial charge in [-0.05, 0) is 28.8 Å². The maximum atomic E-state index is 13.1. The smallest absolute Gasteiger partial charge is 0.416 e. The molecule has 0 bridgehead atoms. The quantitative estimate of drug-likeness (QED) is 0.320. The molecule has 0 spiro atoms. The van der Waals surface area contributed by atoms with Crippen molar-refractivity contribution in [3.8, 4) is 16.9 Å². The molecule has 3 aromatic carbocycles. The van der Waals surface area contributed by atoms with Gasteiger partial charge in [0.25, 0.3) is 0 Å². The fraction of sp³-hybridized carbons (Fsp3) is 0.160. The van der Waals surface area contributed by atoms with E-state index in [1.807, 2.05) is 35.2 Å². The Hall–Kier alpha value is -3.29. The third-order valence-corrected chi connectivity index (χ3v) is 5.84. The molecule has 2 heterocycles. The molecular formula is C25H17ClF3NO3. The number of fused-ring (bicyclic) bond motifs is 3. The number of nitrogens with zero attached hydrogens (tertiary/aromatic N) is 1. The Morgan fingerprint density at radius 2 is 1.79 bits per heavy atom. The third-order valence-electron chi connectivity index (χ3n) is 5.55. The molecular weight excluding hydrogens is 455 g/mol. The van der Waals surface area contributed by atoms with Gasteiger partial charge in [-0.15, -0.1) is 0 Å². The zero-order valence-electron chi connectivity index (χ0n) is 17.2. The van der Waals surface area contributed by atoms with Crippen LogP contribution in [0.3, 0.4) is 0 Å². The molecule has 4 aromatic rings. The van der Waals surface area contributed by atoms with Crippen molar-refractivity contribution in [1.29, 1.82) is 0 Å². The van der Waals surface area contributed by atoms with E-state index in [-0.39, 0.29) is 13.3 Å². The zero-order chi connectivity index (χ0) is 23.2. The molecule has 0 aliphatic carbocycles. The van der Waals surface area contributed by atoms with Gasteiger partial charge < -0.3 is 9.15 Å². The molecule has 8 heteroatoms. The van der Waals surface area contributed by atoms with Gasteiger partial charge in [0.05, 0.1) is 16.1 Å².